The summed E-state index contributed by atoms with van der Waals surface area (Å²) in [4.78, 5) is 30.2. The van der Waals surface area contributed by atoms with E-state index >= 15 is 0 Å². The number of amides is 1. The summed E-state index contributed by atoms with van der Waals surface area (Å²) in [5.41, 5.74) is 0.447. The predicted molar refractivity (Wildman–Crippen MR) is 126 cm³/mol. The molecule has 2 N–H and O–H groups in total. The van der Waals surface area contributed by atoms with E-state index in [0.717, 1.165) is 21.7 Å². The second kappa shape index (κ2) is 8.48. The fraction of sp³-hybridized carbons (Fsp3) is 0.346. The number of pyridine rings is 1. The summed E-state index contributed by atoms with van der Waals surface area (Å²) < 4.78 is 11.5. The van der Waals surface area contributed by atoms with Crippen LogP contribution in [0, 0.1) is 0 Å². The van der Waals surface area contributed by atoms with E-state index in [0.29, 0.717) is 37.3 Å². The van der Waals surface area contributed by atoms with Crippen molar-refractivity contribution in [3.63, 3.8) is 0 Å². The van der Waals surface area contributed by atoms with E-state index in [1.54, 1.807) is 6.92 Å². The van der Waals surface area contributed by atoms with Crippen LogP contribution in [0.4, 0.5) is 0 Å². The van der Waals surface area contributed by atoms with Gasteiger partial charge in [0.05, 0.1) is 18.2 Å². The molecule has 1 aliphatic heterocycles. The summed E-state index contributed by atoms with van der Waals surface area (Å²) in [5, 5.41) is 9.22. The molecule has 7 nitrogen and oxygen atoms in total. The zero-order valence-corrected chi connectivity index (χ0v) is 18.6. The number of para-hydroxylation sites is 1. The molecule has 0 spiro atoms. The molecule has 2 fully saturated rings. The van der Waals surface area contributed by atoms with Crippen molar-refractivity contribution in [3.05, 3.63) is 60.7 Å². The number of benzene rings is 2. The molecule has 1 aromatic heterocycles. The Hall–Kier alpha value is -3.45. The Bertz CT molecular complexity index is 1260. The van der Waals surface area contributed by atoms with Crippen LogP contribution in [0.2, 0.25) is 0 Å². The lowest BCUT2D eigenvalue weighted by Crippen LogP contribution is -2.63. The Labute approximate surface area is 192 Å². The summed E-state index contributed by atoms with van der Waals surface area (Å²) in [5.74, 6) is -0.119. The first-order chi connectivity index (χ1) is 16.0. The van der Waals surface area contributed by atoms with Gasteiger partial charge in [-0.2, -0.15) is 0 Å². The van der Waals surface area contributed by atoms with Crippen molar-refractivity contribution in [1.82, 2.24) is 15.6 Å². The monoisotopic (exact) mass is 445 g/mol. The summed E-state index contributed by atoms with van der Waals surface area (Å²) in [6.07, 6.45) is 1.46. The van der Waals surface area contributed by atoms with Gasteiger partial charge in [-0.25, -0.2) is 9.78 Å². The molecule has 1 saturated heterocycles. The first-order valence-corrected chi connectivity index (χ1v) is 11.4. The Kier molecular flexibility index (Phi) is 5.50. The van der Waals surface area contributed by atoms with Gasteiger partial charge in [0.2, 0.25) is 11.8 Å². The number of hydrogen-bond acceptors (Lipinski definition) is 6. The number of carbonyl (C=O) groups excluding carboxylic acids is 2. The number of nitrogens with zero attached hydrogens (tertiary/aromatic N) is 1. The molecular weight excluding hydrogens is 418 g/mol. The summed E-state index contributed by atoms with van der Waals surface area (Å²) >= 11 is 0. The summed E-state index contributed by atoms with van der Waals surface area (Å²) in [6.45, 7) is 6.47. The fourth-order valence-corrected chi connectivity index (χ4v) is 4.67. The fourth-order valence-electron chi connectivity index (χ4n) is 4.67. The molecule has 2 aliphatic rings. The SMILES string of the molecule is C=C1CCC1(NC(=O)[C@@H]1C[C@@H](Oc2nc3ccccc3c3ccccc23)CN1)C(=O)OCC. The normalized spacial score (nSPS) is 24.5. The number of fused-ring (bicyclic) bond motifs is 3. The molecule has 2 aromatic carbocycles. The molecule has 1 saturated carbocycles. The van der Waals surface area contributed by atoms with Crippen LogP contribution >= 0.6 is 0 Å². The third kappa shape index (κ3) is 3.72. The highest BCUT2D eigenvalue weighted by molar-refractivity contribution is 6.07. The average Bonchev–Trinajstić information content (AvgIpc) is 3.30. The highest BCUT2D eigenvalue weighted by Gasteiger charge is 2.51. The highest BCUT2D eigenvalue weighted by atomic mass is 16.5. The molecule has 1 amide bonds. The van der Waals surface area contributed by atoms with Crippen molar-refractivity contribution in [2.24, 2.45) is 0 Å². The van der Waals surface area contributed by atoms with E-state index in [4.69, 9.17) is 14.5 Å². The first kappa shape index (κ1) is 21.4. The minimum Gasteiger partial charge on any atom is -0.472 e. The molecule has 1 aliphatic carbocycles. The Morgan fingerprint density at radius 3 is 2.58 bits per heavy atom. The highest BCUT2D eigenvalue weighted by Crippen LogP contribution is 2.38. The smallest absolute Gasteiger partial charge is 0.336 e. The van der Waals surface area contributed by atoms with E-state index in [-0.39, 0.29) is 18.6 Å². The number of rotatable bonds is 6. The zero-order chi connectivity index (χ0) is 23.0. The number of hydrogen-bond donors (Lipinski definition) is 2. The van der Waals surface area contributed by atoms with Gasteiger partial charge in [0.25, 0.3) is 0 Å². The van der Waals surface area contributed by atoms with Gasteiger partial charge in [-0.3, -0.25) is 4.79 Å². The third-order valence-electron chi connectivity index (χ3n) is 6.62. The van der Waals surface area contributed by atoms with Gasteiger partial charge in [0.1, 0.15) is 6.10 Å². The van der Waals surface area contributed by atoms with Gasteiger partial charge in [-0.05, 0) is 42.9 Å². The van der Waals surface area contributed by atoms with Crippen molar-refractivity contribution >= 4 is 33.6 Å². The maximum Gasteiger partial charge on any atom is 0.336 e. The molecular formula is C26H27N3O4. The van der Waals surface area contributed by atoms with E-state index in [1.807, 2.05) is 36.4 Å². The minimum atomic E-state index is -1.11. The number of esters is 1. The molecule has 5 rings (SSSR count). The third-order valence-corrected chi connectivity index (χ3v) is 6.62. The van der Waals surface area contributed by atoms with Gasteiger partial charge >= 0.3 is 5.97 Å². The van der Waals surface area contributed by atoms with Crippen LogP contribution in [0.5, 0.6) is 5.88 Å². The zero-order valence-electron chi connectivity index (χ0n) is 18.6. The van der Waals surface area contributed by atoms with Crippen LogP contribution < -0.4 is 15.4 Å². The first-order valence-electron chi connectivity index (χ1n) is 11.4. The predicted octanol–water partition coefficient (Wildman–Crippen LogP) is 3.27. The number of carbonyl (C=O) groups is 2. The summed E-state index contributed by atoms with van der Waals surface area (Å²) in [7, 11) is 0. The van der Waals surface area contributed by atoms with Gasteiger partial charge in [-0.1, -0.05) is 43.0 Å². The minimum absolute atomic E-state index is 0.221. The number of ether oxygens (including phenoxy) is 2. The van der Waals surface area contributed by atoms with Crippen molar-refractivity contribution < 1.29 is 19.1 Å². The molecule has 1 unspecified atom stereocenters. The largest absolute Gasteiger partial charge is 0.472 e. The van der Waals surface area contributed by atoms with Gasteiger partial charge in [0, 0.05) is 23.7 Å². The number of nitrogens with one attached hydrogen (secondary N) is 2. The van der Waals surface area contributed by atoms with Crippen LogP contribution in [0.3, 0.4) is 0 Å². The van der Waals surface area contributed by atoms with Crippen LogP contribution in [0.25, 0.3) is 21.7 Å². The second-order valence-electron chi connectivity index (χ2n) is 8.63. The van der Waals surface area contributed by atoms with Crippen LogP contribution in [0.15, 0.2) is 60.7 Å². The van der Waals surface area contributed by atoms with Gasteiger partial charge < -0.3 is 20.1 Å². The quantitative estimate of drug-likeness (QED) is 0.344. The van der Waals surface area contributed by atoms with Crippen LogP contribution in [-0.2, 0) is 14.3 Å². The summed E-state index contributed by atoms with van der Waals surface area (Å²) in [6, 6.07) is 15.6. The van der Waals surface area contributed by atoms with Crippen molar-refractivity contribution in [3.8, 4) is 5.88 Å². The lowest BCUT2D eigenvalue weighted by Gasteiger charge is -2.42. The van der Waals surface area contributed by atoms with Crippen LogP contribution in [-0.4, -0.2) is 47.7 Å². The maximum atomic E-state index is 13.0. The molecule has 7 heteroatoms. The van der Waals surface area contributed by atoms with Crippen molar-refractivity contribution in [1.29, 1.82) is 0 Å². The molecule has 0 radical (unpaired) electrons. The molecule has 3 atom stereocenters. The van der Waals surface area contributed by atoms with Crippen LogP contribution in [0.1, 0.15) is 26.2 Å². The number of aromatic nitrogens is 1. The molecule has 170 valence electrons. The second-order valence-corrected chi connectivity index (χ2v) is 8.63. The standard InChI is InChI=1S/C26H27N3O4/c1-3-32-25(31)26(13-12-16(26)2)29-23(30)22-14-17(15-27-22)33-24-20-10-5-4-8-18(20)19-9-6-7-11-21(19)28-24/h4-11,17,22,27H,2-3,12-15H2,1H3,(H,29,30)/t17-,22+,26?/m1/s1. The average molecular weight is 446 g/mol. The molecule has 33 heavy (non-hydrogen) atoms. The maximum absolute atomic E-state index is 13.0. The Morgan fingerprint density at radius 1 is 1.15 bits per heavy atom. The molecule has 3 aromatic rings. The Morgan fingerprint density at radius 2 is 1.88 bits per heavy atom. The lowest BCUT2D eigenvalue weighted by atomic mass is 9.72. The van der Waals surface area contributed by atoms with E-state index < -0.39 is 17.6 Å². The van der Waals surface area contributed by atoms with E-state index in [2.05, 4.69) is 29.3 Å². The van der Waals surface area contributed by atoms with Gasteiger partial charge in [-0.15, -0.1) is 0 Å². The van der Waals surface area contributed by atoms with E-state index in [1.165, 1.54) is 0 Å². The van der Waals surface area contributed by atoms with E-state index in [9.17, 15) is 9.59 Å². The molecule has 0 bridgehead atoms. The topological polar surface area (TPSA) is 89.5 Å². The van der Waals surface area contributed by atoms with Crippen molar-refractivity contribution in [2.75, 3.05) is 13.2 Å². The van der Waals surface area contributed by atoms with Crippen molar-refractivity contribution in [2.45, 2.75) is 43.9 Å². The Balaban J connectivity index is 1.32. The van der Waals surface area contributed by atoms with Gasteiger partial charge in [0.15, 0.2) is 5.54 Å². The lowest BCUT2D eigenvalue weighted by molar-refractivity contribution is -0.154. The molecule has 2 heterocycles.